The smallest absolute Gasteiger partial charge is 0.243 e. The fraction of sp³-hybridized carbons (Fsp3) is 0.350. The van der Waals surface area contributed by atoms with Crippen LogP contribution in [-0.2, 0) is 11.2 Å². The minimum atomic E-state index is -0.0618. The Balaban J connectivity index is 1.66. The summed E-state index contributed by atoms with van der Waals surface area (Å²) in [6.45, 7) is 4.38. The molecule has 25 heavy (non-hydrogen) atoms. The average molecular weight is 358 g/mol. The van der Waals surface area contributed by atoms with E-state index in [2.05, 4.69) is 22.5 Å². The molecule has 2 N–H and O–H groups in total. The Bertz CT molecular complexity index is 741. The van der Waals surface area contributed by atoms with Gasteiger partial charge in [0, 0.05) is 23.8 Å². The Labute approximate surface area is 154 Å². The van der Waals surface area contributed by atoms with Crippen LogP contribution in [0.25, 0.3) is 0 Å². The maximum Gasteiger partial charge on any atom is 0.243 e. The van der Waals surface area contributed by atoms with Gasteiger partial charge in [-0.3, -0.25) is 4.79 Å². The Morgan fingerprint density at radius 3 is 2.64 bits per heavy atom. The number of anilines is 3. The molecule has 1 heterocycles. The van der Waals surface area contributed by atoms with Crippen molar-refractivity contribution in [2.24, 2.45) is 0 Å². The van der Waals surface area contributed by atoms with E-state index in [0.717, 1.165) is 42.1 Å². The Morgan fingerprint density at radius 2 is 1.88 bits per heavy atom. The average Bonchev–Trinajstić information content (AvgIpc) is 3.15. The van der Waals surface area contributed by atoms with E-state index in [-0.39, 0.29) is 12.5 Å². The predicted molar refractivity (Wildman–Crippen MR) is 106 cm³/mol. The first-order valence-electron chi connectivity index (χ1n) is 8.83. The molecule has 0 aliphatic carbocycles. The topological polar surface area (TPSA) is 44.4 Å². The van der Waals surface area contributed by atoms with Gasteiger partial charge < -0.3 is 15.5 Å². The van der Waals surface area contributed by atoms with Gasteiger partial charge in [0.2, 0.25) is 5.91 Å². The fourth-order valence-corrected chi connectivity index (χ4v) is 3.38. The first kappa shape index (κ1) is 17.6. The lowest BCUT2D eigenvalue weighted by Gasteiger charge is -2.22. The van der Waals surface area contributed by atoms with Crippen molar-refractivity contribution in [2.45, 2.75) is 26.2 Å². The highest BCUT2D eigenvalue weighted by Gasteiger charge is 2.16. The van der Waals surface area contributed by atoms with E-state index in [1.54, 1.807) is 0 Å². The molecular weight excluding hydrogens is 334 g/mol. The second-order valence-electron chi connectivity index (χ2n) is 6.27. The largest absolute Gasteiger partial charge is 0.374 e. The zero-order chi connectivity index (χ0) is 17.6. The summed E-state index contributed by atoms with van der Waals surface area (Å²) in [6.07, 6.45) is 3.30. The summed E-state index contributed by atoms with van der Waals surface area (Å²) in [5.41, 5.74) is 4.04. The lowest BCUT2D eigenvalue weighted by atomic mass is 10.1. The zero-order valence-corrected chi connectivity index (χ0v) is 15.3. The predicted octanol–water partition coefficient (Wildman–Crippen LogP) is 4.55. The molecule has 1 fully saturated rings. The third kappa shape index (κ3) is 4.45. The van der Waals surface area contributed by atoms with Gasteiger partial charge in [0.15, 0.2) is 0 Å². The van der Waals surface area contributed by atoms with Crippen molar-refractivity contribution in [2.75, 3.05) is 35.2 Å². The van der Waals surface area contributed by atoms with E-state index in [4.69, 9.17) is 11.6 Å². The third-order valence-corrected chi connectivity index (χ3v) is 4.75. The summed E-state index contributed by atoms with van der Waals surface area (Å²) < 4.78 is 0. The van der Waals surface area contributed by atoms with Gasteiger partial charge in [0.1, 0.15) is 0 Å². The molecule has 5 heteroatoms. The zero-order valence-electron chi connectivity index (χ0n) is 14.5. The Hall–Kier alpha value is -2.20. The highest BCUT2D eigenvalue weighted by molar-refractivity contribution is 6.31. The number of amides is 1. The standard InChI is InChI=1S/C20H24ClN3O/c1-2-15-7-3-4-8-17(15)23-20(25)14-22-18-13-16(21)9-10-19(18)24-11-5-6-12-24/h3-4,7-10,13,22H,2,5-6,11-12,14H2,1H3,(H,23,25). The number of para-hydroxylation sites is 1. The summed E-state index contributed by atoms with van der Waals surface area (Å²) in [5.74, 6) is -0.0618. The van der Waals surface area contributed by atoms with Gasteiger partial charge in [-0.25, -0.2) is 0 Å². The van der Waals surface area contributed by atoms with Crippen molar-refractivity contribution in [3.63, 3.8) is 0 Å². The third-order valence-electron chi connectivity index (χ3n) is 4.52. The van der Waals surface area contributed by atoms with Crippen LogP contribution in [0.15, 0.2) is 42.5 Å². The van der Waals surface area contributed by atoms with Crippen LogP contribution in [0.4, 0.5) is 17.1 Å². The minimum Gasteiger partial charge on any atom is -0.374 e. The summed E-state index contributed by atoms with van der Waals surface area (Å²) in [4.78, 5) is 14.7. The van der Waals surface area contributed by atoms with Gasteiger partial charge in [0.05, 0.1) is 17.9 Å². The molecule has 0 radical (unpaired) electrons. The number of aryl methyl sites for hydroxylation is 1. The van der Waals surface area contributed by atoms with Gasteiger partial charge in [0.25, 0.3) is 0 Å². The van der Waals surface area contributed by atoms with E-state index in [1.165, 1.54) is 12.8 Å². The molecule has 0 atom stereocenters. The first-order valence-corrected chi connectivity index (χ1v) is 9.21. The van der Waals surface area contributed by atoms with Crippen LogP contribution in [0.3, 0.4) is 0 Å². The van der Waals surface area contributed by atoms with Gasteiger partial charge in [-0.15, -0.1) is 0 Å². The van der Waals surface area contributed by atoms with E-state index < -0.39 is 0 Å². The molecule has 3 rings (SSSR count). The first-order chi connectivity index (χ1) is 12.2. The number of hydrogen-bond acceptors (Lipinski definition) is 3. The van der Waals surface area contributed by atoms with Crippen LogP contribution >= 0.6 is 11.6 Å². The van der Waals surface area contributed by atoms with Crippen LogP contribution in [0.2, 0.25) is 5.02 Å². The lowest BCUT2D eigenvalue weighted by molar-refractivity contribution is -0.114. The minimum absolute atomic E-state index is 0.0618. The number of halogens is 1. The molecule has 2 aromatic rings. The molecule has 132 valence electrons. The summed E-state index contributed by atoms with van der Waals surface area (Å²) in [7, 11) is 0. The molecule has 4 nitrogen and oxygen atoms in total. The van der Waals surface area contributed by atoms with Crippen molar-refractivity contribution in [3.05, 3.63) is 53.1 Å². The van der Waals surface area contributed by atoms with E-state index in [1.807, 2.05) is 42.5 Å². The van der Waals surface area contributed by atoms with Crippen LogP contribution < -0.4 is 15.5 Å². The monoisotopic (exact) mass is 357 g/mol. The number of benzene rings is 2. The Kier molecular flexibility index (Phi) is 5.82. The van der Waals surface area contributed by atoms with E-state index in [0.29, 0.717) is 5.02 Å². The van der Waals surface area contributed by atoms with Crippen molar-refractivity contribution in [1.29, 1.82) is 0 Å². The molecular formula is C20H24ClN3O. The van der Waals surface area contributed by atoms with Crippen LogP contribution in [-0.4, -0.2) is 25.5 Å². The van der Waals surface area contributed by atoms with Gasteiger partial charge in [-0.1, -0.05) is 36.7 Å². The molecule has 0 unspecified atom stereocenters. The van der Waals surface area contributed by atoms with Gasteiger partial charge in [-0.2, -0.15) is 0 Å². The van der Waals surface area contributed by atoms with Crippen molar-refractivity contribution in [1.82, 2.24) is 0 Å². The number of nitrogens with zero attached hydrogens (tertiary/aromatic N) is 1. The number of carbonyl (C=O) groups excluding carboxylic acids is 1. The number of rotatable bonds is 6. The molecule has 1 amide bonds. The molecule has 0 saturated carbocycles. The quantitative estimate of drug-likeness (QED) is 0.796. The highest BCUT2D eigenvalue weighted by Crippen LogP contribution is 2.31. The number of carbonyl (C=O) groups is 1. The fourth-order valence-electron chi connectivity index (χ4n) is 3.20. The maximum absolute atomic E-state index is 12.4. The summed E-state index contributed by atoms with van der Waals surface area (Å²) in [6, 6.07) is 13.7. The van der Waals surface area contributed by atoms with Gasteiger partial charge >= 0.3 is 0 Å². The SMILES string of the molecule is CCc1ccccc1NC(=O)CNc1cc(Cl)ccc1N1CCCC1. The summed E-state index contributed by atoms with van der Waals surface area (Å²) in [5, 5.41) is 6.91. The van der Waals surface area contributed by atoms with Crippen LogP contribution in [0.5, 0.6) is 0 Å². The lowest BCUT2D eigenvalue weighted by Crippen LogP contribution is -2.24. The van der Waals surface area contributed by atoms with Gasteiger partial charge in [-0.05, 0) is 49.1 Å². The van der Waals surface area contributed by atoms with Crippen molar-refractivity contribution in [3.8, 4) is 0 Å². The van der Waals surface area contributed by atoms with E-state index in [9.17, 15) is 4.79 Å². The van der Waals surface area contributed by atoms with Crippen molar-refractivity contribution < 1.29 is 4.79 Å². The van der Waals surface area contributed by atoms with E-state index >= 15 is 0 Å². The highest BCUT2D eigenvalue weighted by atomic mass is 35.5. The van der Waals surface area contributed by atoms with Crippen molar-refractivity contribution >= 4 is 34.6 Å². The summed E-state index contributed by atoms with van der Waals surface area (Å²) >= 11 is 6.15. The molecule has 0 spiro atoms. The second kappa shape index (κ2) is 8.26. The maximum atomic E-state index is 12.4. The molecule has 1 saturated heterocycles. The number of hydrogen-bond donors (Lipinski definition) is 2. The normalized spacial score (nSPS) is 13.8. The van der Waals surface area contributed by atoms with Crippen LogP contribution in [0.1, 0.15) is 25.3 Å². The molecule has 1 aliphatic rings. The number of nitrogens with one attached hydrogen (secondary N) is 2. The molecule has 0 bridgehead atoms. The Morgan fingerprint density at radius 1 is 1.12 bits per heavy atom. The molecule has 2 aromatic carbocycles. The molecule has 1 aliphatic heterocycles. The van der Waals surface area contributed by atoms with Crippen LogP contribution in [0, 0.1) is 0 Å². The second-order valence-corrected chi connectivity index (χ2v) is 6.70. The molecule has 0 aromatic heterocycles.